The second-order valence-electron chi connectivity index (χ2n) is 8.42. The standard InChI is InChI=1S/C24H48N2/c1-4-6-8-10-12-14-16-18-20-24-25(3)22-23-26(24)21-19-17-15-13-11-9-7-5-2/h22-24H,4-21H2,1-3H3. The van der Waals surface area contributed by atoms with E-state index in [-0.39, 0.29) is 0 Å². The lowest BCUT2D eigenvalue weighted by atomic mass is 10.1. The van der Waals surface area contributed by atoms with E-state index in [1.165, 1.54) is 116 Å². The molecule has 0 aliphatic carbocycles. The fourth-order valence-electron chi connectivity index (χ4n) is 4.11. The van der Waals surface area contributed by atoms with Crippen molar-refractivity contribution in [3.05, 3.63) is 12.4 Å². The van der Waals surface area contributed by atoms with E-state index in [2.05, 4.69) is 43.1 Å². The van der Waals surface area contributed by atoms with E-state index in [0.29, 0.717) is 6.17 Å². The van der Waals surface area contributed by atoms with Crippen LogP contribution in [-0.4, -0.2) is 29.6 Å². The minimum Gasteiger partial charge on any atom is -0.359 e. The highest BCUT2D eigenvalue weighted by Crippen LogP contribution is 2.21. The monoisotopic (exact) mass is 364 g/mol. The van der Waals surface area contributed by atoms with Gasteiger partial charge in [0.05, 0.1) is 0 Å². The second-order valence-corrected chi connectivity index (χ2v) is 8.42. The van der Waals surface area contributed by atoms with Crippen LogP contribution in [0.15, 0.2) is 12.4 Å². The fraction of sp³-hybridized carbons (Fsp3) is 0.917. The first kappa shape index (κ1) is 23.4. The van der Waals surface area contributed by atoms with Gasteiger partial charge < -0.3 is 9.80 Å². The molecule has 1 aliphatic heterocycles. The van der Waals surface area contributed by atoms with Crippen molar-refractivity contribution in [2.45, 2.75) is 129 Å². The topological polar surface area (TPSA) is 6.48 Å². The van der Waals surface area contributed by atoms with Gasteiger partial charge in [-0.05, 0) is 19.3 Å². The molecule has 0 aromatic rings. The van der Waals surface area contributed by atoms with Crippen LogP contribution in [0.2, 0.25) is 0 Å². The van der Waals surface area contributed by atoms with Crippen molar-refractivity contribution in [1.29, 1.82) is 0 Å². The summed E-state index contributed by atoms with van der Waals surface area (Å²) in [5.41, 5.74) is 0. The summed E-state index contributed by atoms with van der Waals surface area (Å²) in [5, 5.41) is 0. The predicted molar refractivity (Wildman–Crippen MR) is 117 cm³/mol. The number of unbranched alkanes of at least 4 members (excludes halogenated alkanes) is 14. The van der Waals surface area contributed by atoms with E-state index in [1.54, 1.807) is 0 Å². The maximum atomic E-state index is 2.60. The fourth-order valence-corrected chi connectivity index (χ4v) is 4.11. The Hall–Kier alpha value is -0.660. The molecule has 2 nitrogen and oxygen atoms in total. The van der Waals surface area contributed by atoms with Gasteiger partial charge in [0.2, 0.25) is 0 Å². The van der Waals surface area contributed by atoms with Gasteiger partial charge in [-0.25, -0.2) is 0 Å². The zero-order chi connectivity index (χ0) is 18.9. The highest BCUT2D eigenvalue weighted by atomic mass is 15.4. The number of nitrogens with zero attached hydrogens (tertiary/aromatic N) is 2. The van der Waals surface area contributed by atoms with Crippen LogP contribution in [0.3, 0.4) is 0 Å². The molecule has 0 saturated heterocycles. The van der Waals surface area contributed by atoms with Crippen molar-refractivity contribution >= 4 is 0 Å². The lowest BCUT2D eigenvalue weighted by molar-refractivity contribution is 0.159. The Morgan fingerprint density at radius 1 is 0.577 bits per heavy atom. The number of hydrogen-bond donors (Lipinski definition) is 0. The summed E-state index contributed by atoms with van der Waals surface area (Å²) in [6.07, 6.45) is 29.2. The van der Waals surface area contributed by atoms with E-state index in [9.17, 15) is 0 Å². The molecular formula is C24H48N2. The van der Waals surface area contributed by atoms with Crippen LogP contribution < -0.4 is 0 Å². The van der Waals surface area contributed by atoms with Crippen molar-refractivity contribution in [1.82, 2.24) is 9.80 Å². The highest BCUT2D eigenvalue weighted by molar-refractivity contribution is 4.95. The Kier molecular flexibility index (Phi) is 14.8. The van der Waals surface area contributed by atoms with Crippen LogP contribution >= 0.6 is 0 Å². The van der Waals surface area contributed by atoms with E-state index in [1.807, 2.05) is 0 Å². The molecule has 0 saturated carbocycles. The third-order valence-electron chi connectivity index (χ3n) is 5.93. The Morgan fingerprint density at radius 3 is 1.58 bits per heavy atom. The van der Waals surface area contributed by atoms with Gasteiger partial charge >= 0.3 is 0 Å². The summed E-state index contributed by atoms with van der Waals surface area (Å²) >= 11 is 0. The lowest BCUT2D eigenvalue weighted by Crippen LogP contribution is -2.37. The van der Waals surface area contributed by atoms with Crippen molar-refractivity contribution in [3.8, 4) is 0 Å². The number of hydrogen-bond acceptors (Lipinski definition) is 2. The largest absolute Gasteiger partial charge is 0.359 e. The zero-order valence-electron chi connectivity index (χ0n) is 18.4. The van der Waals surface area contributed by atoms with Gasteiger partial charge in [0.25, 0.3) is 0 Å². The quantitative estimate of drug-likeness (QED) is 0.230. The Labute approximate surface area is 165 Å². The number of rotatable bonds is 18. The molecule has 0 N–H and O–H groups in total. The molecule has 0 aromatic carbocycles. The van der Waals surface area contributed by atoms with E-state index in [0.717, 1.165) is 0 Å². The van der Waals surface area contributed by atoms with Crippen molar-refractivity contribution in [2.24, 2.45) is 0 Å². The van der Waals surface area contributed by atoms with Crippen LogP contribution in [0.5, 0.6) is 0 Å². The maximum Gasteiger partial charge on any atom is 0.100 e. The van der Waals surface area contributed by atoms with Crippen LogP contribution in [0.4, 0.5) is 0 Å². The van der Waals surface area contributed by atoms with Crippen molar-refractivity contribution in [2.75, 3.05) is 13.6 Å². The average Bonchev–Trinajstić information content (AvgIpc) is 2.99. The summed E-state index contributed by atoms with van der Waals surface area (Å²) in [7, 11) is 2.25. The molecule has 0 spiro atoms. The van der Waals surface area contributed by atoms with Crippen LogP contribution in [0, 0.1) is 0 Å². The Balaban J connectivity index is 2.02. The summed E-state index contributed by atoms with van der Waals surface area (Å²) in [6, 6.07) is 0. The minimum absolute atomic E-state index is 0.625. The molecule has 0 fully saturated rings. The van der Waals surface area contributed by atoms with E-state index < -0.39 is 0 Å². The molecule has 1 rings (SSSR count). The van der Waals surface area contributed by atoms with Gasteiger partial charge in [-0.2, -0.15) is 0 Å². The summed E-state index contributed by atoms with van der Waals surface area (Å²) in [6.45, 7) is 5.84. The molecule has 26 heavy (non-hydrogen) atoms. The molecular weight excluding hydrogens is 316 g/mol. The van der Waals surface area contributed by atoms with Gasteiger partial charge in [0.15, 0.2) is 0 Å². The van der Waals surface area contributed by atoms with E-state index in [4.69, 9.17) is 0 Å². The first-order chi connectivity index (χ1) is 12.8. The molecule has 0 amide bonds. The summed E-state index contributed by atoms with van der Waals surface area (Å²) < 4.78 is 0. The minimum atomic E-state index is 0.625. The van der Waals surface area contributed by atoms with Crippen molar-refractivity contribution < 1.29 is 0 Å². The first-order valence-corrected chi connectivity index (χ1v) is 12.0. The van der Waals surface area contributed by atoms with Crippen molar-refractivity contribution in [3.63, 3.8) is 0 Å². The Bertz CT molecular complexity index is 326. The van der Waals surface area contributed by atoms with Gasteiger partial charge in [0.1, 0.15) is 6.17 Å². The molecule has 1 heterocycles. The molecule has 1 atom stereocenters. The molecule has 1 unspecified atom stereocenters. The molecule has 1 aliphatic rings. The smallest absolute Gasteiger partial charge is 0.100 e. The van der Waals surface area contributed by atoms with Gasteiger partial charge in [-0.1, -0.05) is 104 Å². The maximum absolute atomic E-state index is 2.60. The third kappa shape index (κ3) is 11.1. The molecule has 154 valence electrons. The SMILES string of the molecule is CCCCCCCCCCC1N(C)C=CN1CCCCCCCCCC. The van der Waals surface area contributed by atoms with Crippen LogP contribution in [0.25, 0.3) is 0 Å². The van der Waals surface area contributed by atoms with Gasteiger partial charge in [-0.15, -0.1) is 0 Å². The lowest BCUT2D eigenvalue weighted by Gasteiger charge is -2.30. The predicted octanol–water partition coefficient (Wildman–Crippen LogP) is 7.70. The second kappa shape index (κ2) is 16.5. The van der Waals surface area contributed by atoms with Crippen LogP contribution in [-0.2, 0) is 0 Å². The molecule has 0 bridgehead atoms. The Morgan fingerprint density at radius 2 is 1.04 bits per heavy atom. The van der Waals surface area contributed by atoms with Gasteiger partial charge in [-0.3, -0.25) is 0 Å². The summed E-state index contributed by atoms with van der Waals surface area (Å²) in [5.74, 6) is 0. The van der Waals surface area contributed by atoms with Crippen LogP contribution in [0.1, 0.15) is 123 Å². The molecule has 0 aromatic heterocycles. The van der Waals surface area contributed by atoms with Gasteiger partial charge in [0, 0.05) is 26.0 Å². The average molecular weight is 365 g/mol. The summed E-state index contributed by atoms with van der Waals surface area (Å²) in [4.78, 5) is 5.02. The normalized spacial score (nSPS) is 16.8. The first-order valence-electron chi connectivity index (χ1n) is 12.0. The molecule has 0 radical (unpaired) electrons. The highest BCUT2D eigenvalue weighted by Gasteiger charge is 2.22. The molecule has 2 heteroatoms. The van der Waals surface area contributed by atoms with E-state index >= 15 is 0 Å². The third-order valence-corrected chi connectivity index (χ3v) is 5.93. The zero-order valence-corrected chi connectivity index (χ0v) is 18.4.